The van der Waals surface area contributed by atoms with Crippen molar-refractivity contribution in [3.05, 3.63) is 24.3 Å². The monoisotopic (exact) mass is 362 g/mol. The predicted molar refractivity (Wildman–Crippen MR) is 87.9 cm³/mol. The minimum absolute atomic E-state index is 0.0885. The molecule has 23 heavy (non-hydrogen) atoms. The molecule has 7 nitrogen and oxygen atoms in total. The minimum Gasteiger partial charge on any atom is -0.497 e. The maximum atomic E-state index is 12.1. The number of sulfone groups is 1. The zero-order valence-corrected chi connectivity index (χ0v) is 14.8. The van der Waals surface area contributed by atoms with Gasteiger partial charge in [0.1, 0.15) is 5.75 Å². The van der Waals surface area contributed by atoms with E-state index in [4.69, 9.17) is 4.74 Å². The SMILES string of the molecule is COc1ccc(S(=O)(=O)NCCN[C@@]2(C)CCS(=O)(=O)C2)cc1. The Labute approximate surface area is 137 Å². The lowest BCUT2D eigenvalue weighted by atomic mass is 10.0. The molecule has 130 valence electrons. The van der Waals surface area contributed by atoms with Crippen molar-refractivity contribution in [2.24, 2.45) is 0 Å². The molecular weight excluding hydrogens is 340 g/mol. The standard InChI is InChI=1S/C14H22N2O5S2/c1-14(7-10-22(17,18)11-14)15-8-9-16-23(19,20)13-5-3-12(21-2)4-6-13/h3-6,15-16H,7-11H2,1-2H3/t14-/m0/s1. The first-order valence-corrected chi connectivity index (χ1v) is 10.6. The fourth-order valence-electron chi connectivity index (χ4n) is 2.54. The van der Waals surface area contributed by atoms with Crippen molar-refractivity contribution in [1.82, 2.24) is 10.0 Å². The van der Waals surface area contributed by atoms with Crippen LogP contribution in [0.1, 0.15) is 13.3 Å². The van der Waals surface area contributed by atoms with Crippen LogP contribution in [0.25, 0.3) is 0 Å². The molecule has 1 aromatic carbocycles. The normalized spacial score (nSPS) is 23.7. The maximum Gasteiger partial charge on any atom is 0.240 e. The van der Waals surface area contributed by atoms with E-state index >= 15 is 0 Å². The van der Waals surface area contributed by atoms with Gasteiger partial charge in [0, 0.05) is 18.6 Å². The molecule has 0 aliphatic carbocycles. The van der Waals surface area contributed by atoms with Crippen LogP contribution in [0.15, 0.2) is 29.2 Å². The zero-order chi connectivity index (χ0) is 17.1. The molecule has 1 fully saturated rings. The highest BCUT2D eigenvalue weighted by Gasteiger charge is 2.37. The van der Waals surface area contributed by atoms with Gasteiger partial charge >= 0.3 is 0 Å². The van der Waals surface area contributed by atoms with E-state index in [9.17, 15) is 16.8 Å². The third kappa shape index (κ3) is 4.90. The van der Waals surface area contributed by atoms with E-state index in [1.807, 2.05) is 6.92 Å². The van der Waals surface area contributed by atoms with E-state index in [1.165, 1.54) is 19.2 Å². The van der Waals surface area contributed by atoms with Crippen LogP contribution < -0.4 is 14.8 Å². The smallest absolute Gasteiger partial charge is 0.240 e. The van der Waals surface area contributed by atoms with E-state index in [2.05, 4.69) is 10.0 Å². The summed E-state index contributed by atoms with van der Waals surface area (Å²) in [6.07, 6.45) is 0.542. The number of benzene rings is 1. The number of rotatable bonds is 7. The molecule has 1 saturated heterocycles. The van der Waals surface area contributed by atoms with Crippen LogP contribution in [0.5, 0.6) is 5.75 Å². The summed E-state index contributed by atoms with van der Waals surface area (Å²) in [5, 5.41) is 3.13. The van der Waals surface area contributed by atoms with Crippen LogP contribution >= 0.6 is 0 Å². The zero-order valence-electron chi connectivity index (χ0n) is 13.2. The highest BCUT2D eigenvalue weighted by Crippen LogP contribution is 2.22. The molecule has 2 N–H and O–H groups in total. The Bertz CT molecular complexity index is 744. The summed E-state index contributed by atoms with van der Waals surface area (Å²) in [6, 6.07) is 6.10. The van der Waals surface area contributed by atoms with Gasteiger partial charge in [0.25, 0.3) is 0 Å². The summed E-state index contributed by atoms with van der Waals surface area (Å²) in [4.78, 5) is 0.160. The molecule has 1 aliphatic heterocycles. The maximum absolute atomic E-state index is 12.1. The van der Waals surface area contributed by atoms with Crippen LogP contribution in [0.2, 0.25) is 0 Å². The van der Waals surface area contributed by atoms with E-state index in [1.54, 1.807) is 12.1 Å². The molecule has 0 saturated carbocycles. The van der Waals surface area contributed by atoms with Crippen LogP contribution in [-0.4, -0.2) is 54.1 Å². The van der Waals surface area contributed by atoms with Crippen LogP contribution in [0.3, 0.4) is 0 Å². The molecular formula is C14H22N2O5S2. The average molecular weight is 362 g/mol. The lowest BCUT2D eigenvalue weighted by Crippen LogP contribution is -2.46. The highest BCUT2D eigenvalue weighted by molar-refractivity contribution is 7.91. The van der Waals surface area contributed by atoms with Crippen LogP contribution in [0, 0.1) is 0 Å². The van der Waals surface area contributed by atoms with Gasteiger partial charge < -0.3 is 10.1 Å². The highest BCUT2D eigenvalue weighted by atomic mass is 32.2. The van der Waals surface area contributed by atoms with Crippen LogP contribution in [-0.2, 0) is 19.9 Å². The first-order chi connectivity index (χ1) is 10.7. The Balaban J connectivity index is 1.85. The van der Waals surface area contributed by atoms with Crippen molar-refractivity contribution >= 4 is 19.9 Å². The van der Waals surface area contributed by atoms with E-state index in [0.717, 1.165) is 0 Å². The molecule has 0 spiro atoms. The molecule has 0 aromatic heterocycles. The second kappa shape index (κ2) is 6.76. The van der Waals surface area contributed by atoms with Gasteiger partial charge in [0.15, 0.2) is 9.84 Å². The lowest BCUT2D eigenvalue weighted by molar-refractivity contribution is 0.400. The molecule has 1 atom stereocenters. The lowest BCUT2D eigenvalue weighted by Gasteiger charge is -2.24. The van der Waals surface area contributed by atoms with Gasteiger partial charge in [-0.25, -0.2) is 21.6 Å². The van der Waals surface area contributed by atoms with Gasteiger partial charge in [-0.15, -0.1) is 0 Å². The van der Waals surface area contributed by atoms with E-state index in [0.29, 0.717) is 18.7 Å². The second-order valence-electron chi connectivity index (χ2n) is 5.90. The van der Waals surface area contributed by atoms with Gasteiger partial charge in [-0.2, -0.15) is 0 Å². The fourth-order valence-corrected chi connectivity index (χ4v) is 5.69. The number of sulfonamides is 1. The fraction of sp³-hybridized carbons (Fsp3) is 0.571. The van der Waals surface area contributed by atoms with Crippen LogP contribution in [0.4, 0.5) is 0 Å². The quantitative estimate of drug-likeness (QED) is 0.669. The molecule has 1 aliphatic rings. The summed E-state index contributed by atoms with van der Waals surface area (Å²) in [5.74, 6) is 0.847. The third-order valence-corrected chi connectivity index (χ3v) is 7.22. The summed E-state index contributed by atoms with van der Waals surface area (Å²) >= 11 is 0. The summed E-state index contributed by atoms with van der Waals surface area (Å²) in [6.45, 7) is 2.39. The van der Waals surface area contributed by atoms with Crippen molar-refractivity contribution in [1.29, 1.82) is 0 Å². The van der Waals surface area contributed by atoms with Gasteiger partial charge in [-0.05, 0) is 37.6 Å². The number of methoxy groups -OCH3 is 1. The first kappa shape index (κ1) is 18.2. The number of ether oxygens (including phenoxy) is 1. The van der Waals surface area contributed by atoms with E-state index < -0.39 is 25.4 Å². The number of nitrogens with one attached hydrogen (secondary N) is 2. The van der Waals surface area contributed by atoms with Gasteiger partial charge in [-0.1, -0.05) is 0 Å². The van der Waals surface area contributed by atoms with Gasteiger partial charge in [0.05, 0.1) is 23.5 Å². The first-order valence-electron chi connectivity index (χ1n) is 7.25. The predicted octanol–water partition coefficient (Wildman–Crippen LogP) is 0.140. The van der Waals surface area contributed by atoms with Crippen molar-refractivity contribution < 1.29 is 21.6 Å². The molecule has 0 radical (unpaired) electrons. The van der Waals surface area contributed by atoms with Crippen molar-refractivity contribution in [2.75, 3.05) is 31.7 Å². The average Bonchev–Trinajstić information content (AvgIpc) is 2.78. The molecule has 9 heteroatoms. The Hall–Kier alpha value is -1.16. The Kier molecular flexibility index (Phi) is 5.34. The number of hydrogen-bond donors (Lipinski definition) is 2. The van der Waals surface area contributed by atoms with E-state index in [-0.39, 0.29) is 22.9 Å². The summed E-state index contributed by atoms with van der Waals surface area (Å²) in [5.41, 5.74) is -0.482. The second-order valence-corrected chi connectivity index (χ2v) is 9.85. The Morgan fingerprint density at radius 2 is 1.87 bits per heavy atom. The molecule has 1 heterocycles. The topological polar surface area (TPSA) is 102 Å². The third-order valence-electron chi connectivity index (χ3n) is 3.84. The van der Waals surface area contributed by atoms with Crippen molar-refractivity contribution in [3.63, 3.8) is 0 Å². The van der Waals surface area contributed by atoms with Gasteiger partial charge in [0.2, 0.25) is 10.0 Å². The molecule has 0 unspecified atom stereocenters. The number of hydrogen-bond acceptors (Lipinski definition) is 6. The van der Waals surface area contributed by atoms with Crippen molar-refractivity contribution in [3.8, 4) is 5.75 Å². The minimum atomic E-state index is -3.59. The largest absolute Gasteiger partial charge is 0.497 e. The summed E-state index contributed by atoms with van der Waals surface area (Å²) in [7, 11) is -5.06. The molecule has 0 bridgehead atoms. The molecule has 1 aromatic rings. The molecule has 0 amide bonds. The summed E-state index contributed by atoms with van der Waals surface area (Å²) < 4.78 is 54.8. The Morgan fingerprint density at radius 1 is 1.22 bits per heavy atom. The van der Waals surface area contributed by atoms with Crippen molar-refractivity contribution in [2.45, 2.75) is 23.8 Å². The van der Waals surface area contributed by atoms with Gasteiger partial charge in [-0.3, -0.25) is 0 Å². The molecule has 2 rings (SSSR count). The Morgan fingerprint density at radius 3 is 2.39 bits per heavy atom.